The van der Waals surface area contributed by atoms with Crippen LogP contribution in [0.15, 0.2) is 109 Å². The molecule has 0 N–H and O–H groups in total. The van der Waals surface area contributed by atoms with Crippen molar-refractivity contribution in [2.75, 3.05) is 4.90 Å². The lowest BCUT2D eigenvalue weighted by Gasteiger charge is -2.14. The maximum absolute atomic E-state index is 13.3. The molecule has 0 saturated carbocycles. The molecule has 2 aromatic heterocycles. The molecule has 0 spiro atoms. The predicted molar refractivity (Wildman–Crippen MR) is 143 cm³/mol. The van der Waals surface area contributed by atoms with Crippen LogP contribution in [0.2, 0.25) is 0 Å². The summed E-state index contributed by atoms with van der Waals surface area (Å²) in [5.41, 5.74) is 1.55. The normalized spacial score (nSPS) is 12.9. The third-order valence-corrected chi connectivity index (χ3v) is 6.58. The summed E-state index contributed by atoms with van der Waals surface area (Å²) < 4.78 is 10.8. The highest BCUT2D eigenvalue weighted by Crippen LogP contribution is 2.32. The number of hydrogen-bond donors (Lipinski definition) is 0. The van der Waals surface area contributed by atoms with Crippen LogP contribution in [0, 0.1) is 0 Å². The molecule has 39 heavy (non-hydrogen) atoms. The summed E-state index contributed by atoms with van der Waals surface area (Å²) >= 11 is 0. The predicted octanol–water partition coefficient (Wildman–Crippen LogP) is 4.82. The number of aromatic nitrogens is 2. The van der Waals surface area contributed by atoms with Gasteiger partial charge in [-0.05, 0) is 66.7 Å². The SMILES string of the molecule is O=C1c2ccc(-c3nc4ccccc4c(=O)o3)cc2C(=O)N1c1ccc(-c2nc3ccccc3c(=O)o2)cc1. The van der Waals surface area contributed by atoms with Gasteiger partial charge in [0.2, 0.25) is 11.8 Å². The molecule has 0 unspecified atom stereocenters. The van der Waals surface area contributed by atoms with Crippen LogP contribution in [-0.2, 0) is 0 Å². The Bertz CT molecular complexity index is 2110. The number of carbonyl (C=O) groups excluding carboxylic acids is 2. The van der Waals surface area contributed by atoms with Crippen LogP contribution in [0.1, 0.15) is 20.7 Å². The molecule has 186 valence electrons. The van der Waals surface area contributed by atoms with E-state index in [1.807, 2.05) is 0 Å². The zero-order valence-electron chi connectivity index (χ0n) is 20.0. The molecule has 0 bridgehead atoms. The van der Waals surface area contributed by atoms with Crippen molar-refractivity contribution in [2.45, 2.75) is 0 Å². The van der Waals surface area contributed by atoms with Crippen LogP contribution in [0.4, 0.5) is 5.69 Å². The number of para-hydroxylation sites is 2. The van der Waals surface area contributed by atoms with Gasteiger partial charge in [0, 0.05) is 11.1 Å². The fourth-order valence-electron chi connectivity index (χ4n) is 4.65. The molecule has 9 nitrogen and oxygen atoms in total. The first-order valence-corrected chi connectivity index (χ1v) is 11.9. The summed E-state index contributed by atoms with van der Waals surface area (Å²) in [6.07, 6.45) is 0. The molecule has 0 fully saturated rings. The highest BCUT2D eigenvalue weighted by molar-refractivity contribution is 6.34. The Kier molecular flexibility index (Phi) is 4.86. The Morgan fingerprint density at radius 2 is 1.05 bits per heavy atom. The van der Waals surface area contributed by atoms with Crippen molar-refractivity contribution in [1.29, 1.82) is 0 Å². The van der Waals surface area contributed by atoms with Crippen molar-refractivity contribution in [3.05, 3.63) is 123 Å². The number of hydrogen-bond acceptors (Lipinski definition) is 8. The second-order valence-electron chi connectivity index (χ2n) is 8.90. The van der Waals surface area contributed by atoms with Crippen molar-refractivity contribution >= 4 is 39.3 Å². The minimum Gasteiger partial charge on any atom is -0.403 e. The third kappa shape index (κ3) is 3.56. The Morgan fingerprint density at radius 3 is 1.67 bits per heavy atom. The maximum Gasteiger partial charge on any atom is 0.347 e. The van der Waals surface area contributed by atoms with Crippen molar-refractivity contribution in [1.82, 2.24) is 9.97 Å². The van der Waals surface area contributed by atoms with Crippen molar-refractivity contribution in [3.8, 4) is 22.9 Å². The Morgan fingerprint density at radius 1 is 0.538 bits per heavy atom. The van der Waals surface area contributed by atoms with Crippen molar-refractivity contribution < 1.29 is 18.4 Å². The van der Waals surface area contributed by atoms with Crippen LogP contribution in [0.3, 0.4) is 0 Å². The fourth-order valence-corrected chi connectivity index (χ4v) is 4.65. The van der Waals surface area contributed by atoms with E-state index in [0.717, 1.165) is 4.90 Å². The van der Waals surface area contributed by atoms with Crippen LogP contribution in [0.25, 0.3) is 44.7 Å². The van der Waals surface area contributed by atoms with Gasteiger partial charge in [-0.3, -0.25) is 9.59 Å². The van der Waals surface area contributed by atoms with E-state index in [9.17, 15) is 19.2 Å². The summed E-state index contributed by atoms with van der Waals surface area (Å²) in [7, 11) is 0. The van der Waals surface area contributed by atoms with Gasteiger partial charge in [0.15, 0.2) is 0 Å². The second kappa shape index (κ2) is 8.42. The first-order chi connectivity index (χ1) is 19.0. The van der Waals surface area contributed by atoms with Gasteiger partial charge >= 0.3 is 11.3 Å². The van der Waals surface area contributed by atoms with Crippen LogP contribution in [-0.4, -0.2) is 21.8 Å². The number of imide groups is 1. The molecule has 4 aromatic carbocycles. The minimum atomic E-state index is -0.544. The molecule has 6 aromatic rings. The Labute approximate surface area is 218 Å². The largest absolute Gasteiger partial charge is 0.403 e. The second-order valence-corrected chi connectivity index (χ2v) is 8.90. The molecule has 9 heteroatoms. The molecule has 1 aliphatic heterocycles. The lowest BCUT2D eigenvalue weighted by molar-refractivity contribution is 0.0926. The summed E-state index contributed by atoms with van der Waals surface area (Å²) in [4.78, 5) is 61.1. The molecular formula is C30H15N3O6. The minimum absolute atomic E-state index is 0.0499. The number of carbonyl (C=O) groups is 2. The summed E-state index contributed by atoms with van der Waals surface area (Å²) in [5.74, 6) is -0.837. The van der Waals surface area contributed by atoms with Gasteiger partial charge in [-0.15, -0.1) is 0 Å². The molecule has 0 aliphatic carbocycles. The molecule has 1 aliphatic rings. The van der Waals surface area contributed by atoms with Gasteiger partial charge in [-0.2, -0.15) is 0 Å². The Balaban J connectivity index is 1.22. The van der Waals surface area contributed by atoms with E-state index < -0.39 is 23.1 Å². The number of amides is 2. The monoisotopic (exact) mass is 513 g/mol. The first-order valence-electron chi connectivity index (χ1n) is 11.9. The quantitative estimate of drug-likeness (QED) is 0.309. The van der Waals surface area contributed by atoms with Crippen LogP contribution in [0.5, 0.6) is 0 Å². The van der Waals surface area contributed by atoms with Gasteiger partial charge in [-0.25, -0.2) is 24.5 Å². The van der Waals surface area contributed by atoms with Gasteiger partial charge in [0.1, 0.15) is 0 Å². The molecule has 0 radical (unpaired) electrons. The molecule has 3 heterocycles. The lowest BCUT2D eigenvalue weighted by atomic mass is 10.1. The van der Waals surface area contributed by atoms with E-state index in [0.29, 0.717) is 38.6 Å². The van der Waals surface area contributed by atoms with E-state index in [1.165, 1.54) is 12.1 Å². The smallest absolute Gasteiger partial charge is 0.347 e. The van der Waals surface area contributed by atoms with Crippen molar-refractivity contribution in [3.63, 3.8) is 0 Å². The lowest BCUT2D eigenvalue weighted by Crippen LogP contribution is -2.29. The Hall–Kier alpha value is -5.70. The number of anilines is 1. The highest BCUT2D eigenvalue weighted by Gasteiger charge is 2.37. The molecule has 7 rings (SSSR count). The zero-order valence-corrected chi connectivity index (χ0v) is 20.0. The van der Waals surface area contributed by atoms with Crippen LogP contribution < -0.4 is 16.2 Å². The molecular weight excluding hydrogens is 498 g/mol. The number of benzene rings is 4. The number of rotatable bonds is 3. The molecule has 2 amide bonds. The van der Waals surface area contributed by atoms with Gasteiger partial charge in [-0.1, -0.05) is 24.3 Å². The average Bonchev–Trinajstić information content (AvgIpc) is 3.22. The topological polar surface area (TPSA) is 124 Å². The third-order valence-electron chi connectivity index (χ3n) is 6.58. The summed E-state index contributed by atoms with van der Waals surface area (Å²) in [6.45, 7) is 0. The zero-order chi connectivity index (χ0) is 26.7. The van der Waals surface area contributed by atoms with Gasteiger partial charge < -0.3 is 8.83 Å². The maximum atomic E-state index is 13.3. The van der Waals surface area contributed by atoms with E-state index >= 15 is 0 Å². The van der Waals surface area contributed by atoms with Crippen molar-refractivity contribution in [2.24, 2.45) is 0 Å². The highest BCUT2D eigenvalue weighted by atomic mass is 16.4. The van der Waals surface area contributed by atoms with Gasteiger partial charge in [0.25, 0.3) is 11.8 Å². The van der Waals surface area contributed by atoms with E-state index in [4.69, 9.17) is 8.83 Å². The first kappa shape index (κ1) is 22.5. The average molecular weight is 513 g/mol. The van der Waals surface area contributed by atoms with E-state index in [2.05, 4.69) is 9.97 Å². The van der Waals surface area contributed by atoms with Crippen LogP contribution >= 0.6 is 0 Å². The van der Waals surface area contributed by atoms with Gasteiger partial charge in [0.05, 0.1) is 38.6 Å². The fraction of sp³-hybridized carbons (Fsp3) is 0. The standard InChI is InChI=1S/C30H15N3O6/c34-27-19-14-11-17(26-32-24-8-4-2-6-21(24)30(37)39-26)15-22(19)28(35)33(27)18-12-9-16(10-13-18)25-31-23-7-3-1-5-20(23)29(36)38-25/h1-15H. The molecule has 0 atom stereocenters. The number of fused-ring (bicyclic) bond motifs is 3. The van der Waals surface area contributed by atoms with E-state index in [-0.39, 0.29) is 22.9 Å². The summed E-state index contributed by atoms with van der Waals surface area (Å²) in [5, 5.41) is 0.725. The summed E-state index contributed by atoms with van der Waals surface area (Å²) in [6, 6.07) is 24.7. The number of nitrogens with zero attached hydrogens (tertiary/aromatic N) is 3. The van der Waals surface area contributed by atoms with E-state index in [1.54, 1.807) is 78.9 Å². The molecule has 0 saturated heterocycles.